The van der Waals surface area contributed by atoms with E-state index in [-0.39, 0.29) is 0 Å². The van der Waals surface area contributed by atoms with Crippen LogP contribution in [0.15, 0.2) is 0 Å². The maximum Gasteiger partial charge on any atom is 0.326 e. The number of amides is 4. The van der Waals surface area contributed by atoms with Gasteiger partial charge < -0.3 is 42.7 Å². The third-order valence-electron chi connectivity index (χ3n) is 4.56. The van der Waals surface area contributed by atoms with E-state index in [1.165, 1.54) is 6.92 Å². The molecule has 186 valence electrons. The van der Waals surface area contributed by atoms with Crippen LogP contribution in [0.5, 0.6) is 0 Å². The van der Waals surface area contributed by atoms with Crippen molar-refractivity contribution in [1.29, 1.82) is 0 Å². The van der Waals surface area contributed by atoms with Crippen molar-refractivity contribution in [2.75, 3.05) is 0 Å². The fourth-order valence-corrected chi connectivity index (χ4v) is 2.56. The van der Waals surface area contributed by atoms with Crippen LogP contribution in [-0.4, -0.2) is 81.0 Å². The number of carbonyl (C=O) groups is 7. The molecule has 0 aromatic rings. The number of hydrogen-bond donors (Lipinski definition) is 8. The van der Waals surface area contributed by atoms with Gasteiger partial charge in [-0.05, 0) is 5.92 Å². The van der Waals surface area contributed by atoms with Crippen molar-refractivity contribution in [3.8, 4) is 0 Å². The lowest BCUT2D eigenvalue weighted by Gasteiger charge is -2.27. The average Bonchev–Trinajstić information content (AvgIpc) is 2.68. The van der Waals surface area contributed by atoms with Crippen LogP contribution in [0.3, 0.4) is 0 Å². The van der Waals surface area contributed by atoms with E-state index >= 15 is 0 Å². The van der Waals surface area contributed by atoms with Crippen LogP contribution < -0.4 is 27.4 Å². The van der Waals surface area contributed by atoms with E-state index in [0.717, 1.165) is 0 Å². The van der Waals surface area contributed by atoms with E-state index < -0.39 is 90.9 Å². The van der Waals surface area contributed by atoms with Gasteiger partial charge >= 0.3 is 17.9 Å². The van der Waals surface area contributed by atoms with Crippen molar-refractivity contribution in [2.24, 2.45) is 17.4 Å². The van der Waals surface area contributed by atoms with Crippen LogP contribution in [-0.2, 0) is 33.6 Å². The molecule has 0 saturated heterocycles. The van der Waals surface area contributed by atoms with Crippen LogP contribution in [0.4, 0.5) is 0 Å². The largest absolute Gasteiger partial charge is 0.481 e. The predicted molar refractivity (Wildman–Crippen MR) is 109 cm³/mol. The molecule has 0 aliphatic carbocycles. The lowest BCUT2D eigenvalue weighted by molar-refractivity contribution is -0.147. The number of aliphatic carboxylic acids is 3. The monoisotopic (exact) mass is 475 g/mol. The van der Waals surface area contributed by atoms with E-state index in [0.29, 0.717) is 6.42 Å². The first kappa shape index (κ1) is 29.2. The Kier molecular flexibility index (Phi) is 12.1. The van der Waals surface area contributed by atoms with Crippen LogP contribution in [0.25, 0.3) is 0 Å². The fraction of sp³-hybridized carbons (Fsp3) is 0.611. The molecule has 0 heterocycles. The minimum Gasteiger partial charge on any atom is -0.481 e. The Balaban J connectivity index is 5.61. The number of rotatable bonds is 15. The number of nitrogens with two attached hydrogens (primary N) is 2. The molecule has 5 unspecified atom stereocenters. The Morgan fingerprint density at radius 2 is 1.24 bits per heavy atom. The molecule has 0 aliphatic heterocycles. The Bertz CT molecular complexity index is 787. The molecule has 15 nitrogen and oxygen atoms in total. The summed E-state index contributed by atoms with van der Waals surface area (Å²) < 4.78 is 0. The Hall–Kier alpha value is -3.75. The lowest BCUT2D eigenvalue weighted by Crippen LogP contribution is -2.59. The highest BCUT2D eigenvalue weighted by Crippen LogP contribution is 2.10. The van der Waals surface area contributed by atoms with E-state index in [2.05, 4.69) is 10.6 Å². The second kappa shape index (κ2) is 13.6. The summed E-state index contributed by atoms with van der Waals surface area (Å²) in [5, 5.41) is 33.3. The highest BCUT2D eigenvalue weighted by molar-refractivity contribution is 5.96. The summed E-state index contributed by atoms with van der Waals surface area (Å²) in [4.78, 5) is 81.5. The summed E-state index contributed by atoms with van der Waals surface area (Å²) in [6, 6.07) is -6.31. The lowest BCUT2D eigenvalue weighted by atomic mass is 9.97. The molecule has 0 bridgehead atoms. The number of primary amides is 1. The van der Waals surface area contributed by atoms with Gasteiger partial charge in [-0.25, -0.2) is 4.79 Å². The smallest absolute Gasteiger partial charge is 0.326 e. The van der Waals surface area contributed by atoms with Gasteiger partial charge in [0.1, 0.15) is 18.1 Å². The summed E-state index contributed by atoms with van der Waals surface area (Å²) >= 11 is 0. The molecule has 0 aliphatic rings. The molecule has 0 spiro atoms. The fourth-order valence-electron chi connectivity index (χ4n) is 2.56. The van der Waals surface area contributed by atoms with Gasteiger partial charge in [0.2, 0.25) is 23.6 Å². The summed E-state index contributed by atoms with van der Waals surface area (Å²) in [7, 11) is 0. The third kappa shape index (κ3) is 10.9. The molecular weight excluding hydrogens is 446 g/mol. The zero-order chi connectivity index (χ0) is 25.9. The highest BCUT2D eigenvalue weighted by atomic mass is 16.4. The van der Waals surface area contributed by atoms with Gasteiger partial charge in [0, 0.05) is 0 Å². The van der Waals surface area contributed by atoms with Gasteiger partial charge in [-0.15, -0.1) is 0 Å². The highest BCUT2D eigenvalue weighted by Gasteiger charge is 2.34. The van der Waals surface area contributed by atoms with E-state index in [1.807, 2.05) is 5.32 Å². The van der Waals surface area contributed by atoms with Gasteiger partial charge in [-0.3, -0.25) is 28.8 Å². The topological polar surface area (TPSA) is 268 Å². The second-order valence-electron chi connectivity index (χ2n) is 7.31. The van der Waals surface area contributed by atoms with Crippen molar-refractivity contribution in [2.45, 2.75) is 63.7 Å². The summed E-state index contributed by atoms with van der Waals surface area (Å²) in [5.74, 6) is -9.21. The third-order valence-corrected chi connectivity index (χ3v) is 4.56. The second-order valence-corrected chi connectivity index (χ2v) is 7.31. The molecule has 0 aromatic carbocycles. The standard InChI is InChI=1S/C18H29N5O10/c1-3-7(2)14(17(31)22-10(18(32)33)6-13(27)28)23-16(30)9(5-12(25)26)21-15(29)8(19)4-11(20)24/h7-10,14H,3-6,19H2,1-2H3,(H2,20,24)(H,21,29)(H,22,31)(H,23,30)(H,25,26)(H,27,28)(H,32,33). The van der Waals surface area contributed by atoms with Crippen molar-refractivity contribution in [3.63, 3.8) is 0 Å². The molecule has 5 atom stereocenters. The molecular formula is C18H29N5O10. The van der Waals surface area contributed by atoms with Crippen molar-refractivity contribution in [3.05, 3.63) is 0 Å². The van der Waals surface area contributed by atoms with E-state index in [9.17, 15) is 33.6 Å². The zero-order valence-electron chi connectivity index (χ0n) is 18.1. The zero-order valence-corrected chi connectivity index (χ0v) is 18.1. The molecule has 0 aromatic heterocycles. The van der Waals surface area contributed by atoms with Crippen molar-refractivity contribution < 1.29 is 48.9 Å². The average molecular weight is 475 g/mol. The van der Waals surface area contributed by atoms with Crippen molar-refractivity contribution in [1.82, 2.24) is 16.0 Å². The van der Waals surface area contributed by atoms with Gasteiger partial charge in [-0.1, -0.05) is 20.3 Å². The summed E-state index contributed by atoms with van der Waals surface area (Å²) in [6.45, 7) is 3.19. The van der Waals surface area contributed by atoms with Gasteiger partial charge in [-0.2, -0.15) is 0 Å². The Labute approximate surface area is 188 Å². The van der Waals surface area contributed by atoms with Gasteiger partial charge in [0.25, 0.3) is 0 Å². The predicted octanol–water partition coefficient (Wildman–Crippen LogP) is -3.28. The quantitative estimate of drug-likeness (QED) is 0.116. The van der Waals surface area contributed by atoms with Crippen LogP contribution in [0, 0.1) is 5.92 Å². The van der Waals surface area contributed by atoms with Gasteiger partial charge in [0.05, 0.1) is 25.3 Å². The van der Waals surface area contributed by atoms with E-state index in [4.69, 9.17) is 26.8 Å². The molecule has 0 rings (SSSR count). The maximum atomic E-state index is 12.7. The summed E-state index contributed by atoms with van der Waals surface area (Å²) in [6.07, 6.45) is -2.07. The molecule has 15 heteroatoms. The van der Waals surface area contributed by atoms with Crippen molar-refractivity contribution >= 4 is 41.5 Å². The van der Waals surface area contributed by atoms with Crippen LogP contribution in [0.2, 0.25) is 0 Å². The first-order valence-electron chi connectivity index (χ1n) is 9.80. The maximum absolute atomic E-state index is 12.7. The number of hydrogen-bond acceptors (Lipinski definition) is 8. The number of nitrogens with one attached hydrogen (secondary N) is 3. The van der Waals surface area contributed by atoms with Crippen LogP contribution in [0.1, 0.15) is 39.5 Å². The number of carbonyl (C=O) groups excluding carboxylic acids is 4. The first-order valence-corrected chi connectivity index (χ1v) is 9.80. The Morgan fingerprint density at radius 1 is 0.758 bits per heavy atom. The minimum absolute atomic E-state index is 0.314. The SMILES string of the molecule is CCC(C)C(NC(=O)C(CC(=O)O)NC(=O)C(N)CC(N)=O)C(=O)NC(CC(=O)O)C(=O)O. The number of carboxylic acid groups (broad SMARTS) is 3. The normalized spacial score (nSPS) is 15.1. The molecule has 33 heavy (non-hydrogen) atoms. The molecule has 10 N–H and O–H groups in total. The molecule has 0 fully saturated rings. The number of carboxylic acids is 3. The molecule has 4 amide bonds. The molecule has 0 radical (unpaired) electrons. The van der Waals surface area contributed by atoms with Gasteiger partial charge in [0.15, 0.2) is 0 Å². The van der Waals surface area contributed by atoms with E-state index in [1.54, 1.807) is 6.92 Å². The molecule has 0 saturated carbocycles. The first-order chi connectivity index (χ1) is 15.2. The summed E-state index contributed by atoms with van der Waals surface area (Å²) in [5.41, 5.74) is 10.4. The van der Waals surface area contributed by atoms with Crippen LogP contribution >= 0.6 is 0 Å². The Morgan fingerprint density at radius 3 is 1.67 bits per heavy atom. The minimum atomic E-state index is -1.78.